The zero-order valence-electron chi connectivity index (χ0n) is 28.0. The highest BCUT2D eigenvalue weighted by atomic mass is 79.9. The molecule has 0 saturated carbocycles. The van der Waals surface area contributed by atoms with Gasteiger partial charge in [0.1, 0.15) is 0 Å². The number of nitrogens with zero attached hydrogens (tertiary/aromatic N) is 2. The van der Waals surface area contributed by atoms with E-state index in [0.717, 1.165) is 55.7 Å². The second kappa shape index (κ2) is 15.1. The molecular formula is C44H41Br2N3. The number of benzene rings is 6. The van der Waals surface area contributed by atoms with E-state index in [2.05, 4.69) is 200 Å². The van der Waals surface area contributed by atoms with E-state index in [1.54, 1.807) is 0 Å². The van der Waals surface area contributed by atoms with Gasteiger partial charge in [0.25, 0.3) is 0 Å². The van der Waals surface area contributed by atoms with Crippen molar-refractivity contribution < 1.29 is 0 Å². The average Bonchev–Trinajstić information content (AvgIpc) is 3.48. The van der Waals surface area contributed by atoms with Crippen molar-refractivity contribution in [3.8, 4) is 0 Å². The van der Waals surface area contributed by atoms with Gasteiger partial charge in [-0.05, 0) is 109 Å². The largest absolute Gasteiger partial charge is 0.354 e. The number of halogens is 2. The number of unbranched alkanes of at least 4 members (excludes halogenated alkanes) is 1. The number of anilines is 6. The Morgan fingerprint density at radius 1 is 0.551 bits per heavy atom. The first-order valence-corrected chi connectivity index (χ1v) is 18.9. The Kier molecular flexibility index (Phi) is 10.2. The Balaban J connectivity index is 1.46. The molecule has 0 aliphatic carbocycles. The standard InChI is InChI=1S/C44H41Br2N3/c1-3-5-14-31(4-2)25-32-26-43-41(30-44(32)49(37-21-12-15-33(45)27-37)38-22-13-16-34(46)28-38)40-29-39(23-24-42(40)47-43)48(35-17-8-6-9-18-35)36-19-10-7-11-20-36/h6-13,15-24,26-31,47H,3-5,14,25H2,1-2H3. The molecule has 0 saturated heterocycles. The van der Waals surface area contributed by atoms with Crippen molar-refractivity contribution in [2.24, 2.45) is 5.92 Å². The number of H-pyrrole nitrogens is 1. The van der Waals surface area contributed by atoms with Crippen LogP contribution in [0.4, 0.5) is 34.1 Å². The number of nitrogens with one attached hydrogen (secondary N) is 1. The Morgan fingerprint density at radius 3 is 1.69 bits per heavy atom. The van der Waals surface area contributed by atoms with Crippen molar-refractivity contribution in [1.82, 2.24) is 4.98 Å². The highest BCUT2D eigenvalue weighted by molar-refractivity contribution is 9.10. The van der Waals surface area contributed by atoms with Crippen LogP contribution in [-0.4, -0.2) is 4.98 Å². The van der Waals surface area contributed by atoms with Crippen LogP contribution in [0.15, 0.2) is 148 Å². The minimum atomic E-state index is 0.615. The highest BCUT2D eigenvalue weighted by Gasteiger charge is 2.22. The van der Waals surface area contributed by atoms with Crippen molar-refractivity contribution in [3.63, 3.8) is 0 Å². The van der Waals surface area contributed by atoms with Crippen molar-refractivity contribution in [2.45, 2.75) is 46.0 Å². The SMILES string of the molecule is CCCCC(CC)Cc1cc2[nH]c3ccc(N(c4ccccc4)c4ccccc4)cc3c2cc1N(c1cccc(Br)c1)c1cccc(Br)c1. The molecular weight excluding hydrogens is 730 g/mol. The van der Waals surface area contributed by atoms with E-state index in [0.29, 0.717) is 5.92 Å². The van der Waals surface area contributed by atoms with Gasteiger partial charge in [-0.25, -0.2) is 0 Å². The summed E-state index contributed by atoms with van der Waals surface area (Å²) >= 11 is 7.54. The molecule has 1 unspecified atom stereocenters. The lowest BCUT2D eigenvalue weighted by atomic mass is 9.90. The van der Waals surface area contributed by atoms with Gasteiger partial charge in [-0.1, -0.05) is 120 Å². The number of fused-ring (bicyclic) bond motifs is 3. The second-order valence-corrected chi connectivity index (χ2v) is 14.6. The summed E-state index contributed by atoms with van der Waals surface area (Å²) in [6.45, 7) is 4.64. The normalized spacial score (nSPS) is 12.0. The fourth-order valence-corrected chi connectivity index (χ4v) is 7.77. The van der Waals surface area contributed by atoms with Gasteiger partial charge in [0.05, 0.1) is 5.69 Å². The molecule has 1 heterocycles. The first kappa shape index (κ1) is 33.2. The monoisotopic (exact) mass is 769 g/mol. The van der Waals surface area contributed by atoms with E-state index in [9.17, 15) is 0 Å². The van der Waals surface area contributed by atoms with E-state index in [-0.39, 0.29) is 0 Å². The molecule has 246 valence electrons. The molecule has 49 heavy (non-hydrogen) atoms. The van der Waals surface area contributed by atoms with Crippen LogP contribution in [0.25, 0.3) is 21.8 Å². The topological polar surface area (TPSA) is 22.3 Å². The zero-order chi connectivity index (χ0) is 33.7. The maximum atomic E-state index is 3.81. The number of hydrogen-bond donors (Lipinski definition) is 1. The van der Waals surface area contributed by atoms with E-state index in [1.165, 1.54) is 46.8 Å². The first-order valence-electron chi connectivity index (χ1n) is 17.3. The van der Waals surface area contributed by atoms with Gasteiger partial charge in [0.15, 0.2) is 0 Å². The van der Waals surface area contributed by atoms with Crippen LogP contribution in [0.5, 0.6) is 0 Å². The maximum absolute atomic E-state index is 3.81. The van der Waals surface area contributed by atoms with Gasteiger partial charge in [-0.2, -0.15) is 0 Å². The molecule has 0 aliphatic heterocycles. The number of aromatic amines is 1. The third-order valence-corrected chi connectivity index (χ3v) is 10.5. The van der Waals surface area contributed by atoms with E-state index < -0.39 is 0 Å². The molecule has 1 aromatic heterocycles. The summed E-state index contributed by atoms with van der Waals surface area (Å²) in [7, 11) is 0. The van der Waals surface area contributed by atoms with Gasteiger partial charge in [0.2, 0.25) is 0 Å². The first-order chi connectivity index (χ1) is 24.0. The Bertz CT molecular complexity index is 2090. The van der Waals surface area contributed by atoms with E-state index in [1.807, 2.05) is 0 Å². The van der Waals surface area contributed by atoms with Crippen LogP contribution in [0.1, 0.15) is 45.1 Å². The Morgan fingerprint density at radius 2 is 1.12 bits per heavy atom. The molecule has 1 N–H and O–H groups in total. The van der Waals surface area contributed by atoms with E-state index in [4.69, 9.17) is 0 Å². The average molecular weight is 772 g/mol. The summed E-state index contributed by atoms with van der Waals surface area (Å²) in [5.41, 5.74) is 10.5. The van der Waals surface area contributed by atoms with E-state index >= 15 is 0 Å². The molecule has 3 nitrogen and oxygen atoms in total. The third-order valence-electron chi connectivity index (χ3n) is 9.49. The Hall–Kier alpha value is -4.32. The maximum Gasteiger partial charge on any atom is 0.0501 e. The van der Waals surface area contributed by atoms with Crippen LogP contribution >= 0.6 is 31.9 Å². The number of para-hydroxylation sites is 2. The minimum Gasteiger partial charge on any atom is -0.354 e. The van der Waals surface area contributed by atoms with Crippen molar-refractivity contribution >= 4 is 87.8 Å². The summed E-state index contributed by atoms with van der Waals surface area (Å²) in [5.74, 6) is 0.615. The molecule has 0 amide bonds. The fourth-order valence-electron chi connectivity index (χ4n) is 6.99. The third kappa shape index (κ3) is 7.20. The number of rotatable bonds is 12. The predicted molar refractivity (Wildman–Crippen MR) is 218 cm³/mol. The molecule has 1 atom stereocenters. The molecule has 6 aromatic carbocycles. The van der Waals surface area contributed by atoms with Crippen molar-refractivity contribution in [1.29, 1.82) is 0 Å². The molecule has 0 fully saturated rings. The summed E-state index contributed by atoms with van der Waals surface area (Å²) in [6.07, 6.45) is 5.90. The Labute approximate surface area is 306 Å². The minimum absolute atomic E-state index is 0.615. The summed E-state index contributed by atoms with van der Waals surface area (Å²) in [5, 5.41) is 2.42. The van der Waals surface area contributed by atoms with Crippen LogP contribution in [0, 0.1) is 5.92 Å². The van der Waals surface area contributed by atoms with Crippen LogP contribution < -0.4 is 9.80 Å². The van der Waals surface area contributed by atoms with Gasteiger partial charge < -0.3 is 14.8 Å². The summed E-state index contributed by atoms with van der Waals surface area (Å²) in [4.78, 5) is 8.58. The highest BCUT2D eigenvalue weighted by Crippen LogP contribution is 2.44. The molecule has 0 radical (unpaired) electrons. The van der Waals surface area contributed by atoms with Gasteiger partial charge in [-0.3, -0.25) is 0 Å². The number of aromatic nitrogens is 1. The van der Waals surface area contributed by atoms with Crippen LogP contribution in [0.2, 0.25) is 0 Å². The summed E-state index contributed by atoms with van der Waals surface area (Å²) < 4.78 is 2.11. The lowest BCUT2D eigenvalue weighted by Crippen LogP contribution is -2.14. The van der Waals surface area contributed by atoms with Gasteiger partial charge >= 0.3 is 0 Å². The van der Waals surface area contributed by atoms with Crippen LogP contribution in [0.3, 0.4) is 0 Å². The lowest BCUT2D eigenvalue weighted by Gasteiger charge is -2.29. The quantitative estimate of drug-likeness (QED) is 0.134. The lowest BCUT2D eigenvalue weighted by molar-refractivity contribution is 0.449. The van der Waals surface area contributed by atoms with Crippen molar-refractivity contribution in [3.05, 3.63) is 154 Å². The van der Waals surface area contributed by atoms with Crippen molar-refractivity contribution in [2.75, 3.05) is 9.80 Å². The molecule has 7 rings (SSSR count). The zero-order valence-corrected chi connectivity index (χ0v) is 31.2. The molecule has 0 spiro atoms. The molecule has 0 bridgehead atoms. The fraction of sp³-hybridized carbons (Fsp3) is 0.182. The van der Waals surface area contributed by atoms with Gasteiger partial charge in [0, 0.05) is 59.2 Å². The molecule has 7 aromatic rings. The predicted octanol–water partition coefficient (Wildman–Crippen LogP) is 14.5. The van der Waals surface area contributed by atoms with Crippen LogP contribution in [-0.2, 0) is 6.42 Å². The molecule has 0 aliphatic rings. The summed E-state index contributed by atoms with van der Waals surface area (Å²) in [6, 6.07) is 50.2. The number of hydrogen-bond acceptors (Lipinski definition) is 2. The molecule has 5 heteroatoms. The second-order valence-electron chi connectivity index (χ2n) is 12.8. The smallest absolute Gasteiger partial charge is 0.0501 e. The van der Waals surface area contributed by atoms with Gasteiger partial charge in [-0.15, -0.1) is 0 Å².